The van der Waals surface area contributed by atoms with Crippen molar-refractivity contribution in [2.24, 2.45) is 21.8 Å². The molecule has 1 atom stereocenters. The van der Waals surface area contributed by atoms with Gasteiger partial charge in [0.15, 0.2) is 0 Å². The molecule has 2 aliphatic rings. The minimum absolute atomic E-state index is 0.148. The predicted octanol–water partition coefficient (Wildman–Crippen LogP) is 3.30. The van der Waals surface area contributed by atoms with Gasteiger partial charge in [-0.05, 0) is 35.1 Å². The number of anilines is 1. The molecule has 1 aromatic rings. The van der Waals surface area contributed by atoms with Gasteiger partial charge in [0.1, 0.15) is 17.5 Å². The molecule has 0 radical (unpaired) electrons. The van der Waals surface area contributed by atoms with Crippen LogP contribution in [0.1, 0.15) is 13.8 Å². The zero-order chi connectivity index (χ0) is 18.7. The predicted molar refractivity (Wildman–Crippen MR) is 108 cm³/mol. The Hall–Kier alpha value is -2.06. The molecule has 0 saturated heterocycles. The Labute approximate surface area is 160 Å². The molecule has 0 saturated carbocycles. The highest BCUT2D eigenvalue weighted by atomic mass is 32.2. The number of allylic oxidation sites excluding steroid dienone is 1. The Morgan fingerprint density at radius 3 is 2.73 bits per heavy atom. The van der Waals surface area contributed by atoms with E-state index in [4.69, 9.17) is 0 Å². The van der Waals surface area contributed by atoms with Gasteiger partial charge in [-0.3, -0.25) is 9.59 Å². The minimum Gasteiger partial charge on any atom is -0.508 e. The van der Waals surface area contributed by atoms with Crippen molar-refractivity contribution in [1.29, 1.82) is 0 Å². The molecule has 2 aliphatic heterocycles. The third-order valence-electron chi connectivity index (χ3n) is 3.75. The van der Waals surface area contributed by atoms with Crippen LogP contribution >= 0.6 is 23.5 Å². The number of nitrogens with zero attached hydrogens (tertiary/aromatic N) is 2. The summed E-state index contributed by atoms with van der Waals surface area (Å²) >= 11 is 2.91. The van der Waals surface area contributed by atoms with Crippen molar-refractivity contribution in [1.82, 2.24) is 0 Å². The van der Waals surface area contributed by atoms with Gasteiger partial charge >= 0.3 is 0 Å². The molecule has 1 aromatic carbocycles. The molecule has 6 nitrogen and oxygen atoms in total. The first kappa shape index (κ1) is 18.7. The number of amides is 2. The average molecular weight is 390 g/mol. The number of fused-ring (bicyclic) bond motifs is 1. The molecule has 136 valence electrons. The number of aliphatic imine (C=N–C) groups is 2. The number of phenols is 1. The lowest BCUT2D eigenvalue weighted by atomic mass is 10.1. The summed E-state index contributed by atoms with van der Waals surface area (Å²) in [4.78, 5) is 33.8. The molecule has 0 aliphatic carbocycles. The monoisotopic (exact) mass is 389 g/mol. The van der Waals surface area contributed by atoms with Crippen molar-refractivity contribution in [3.8, 4) is 5.75 Å². The van der Waals surface area contributed by atoms with Crippen LogP contribution in [-0.2, 0) is 9.59 Å². The lowest BCUT2D eigenvalue weighted by Gasteiger charge is -2.12. The van der Waals surface area contributed by atoms with E-state index in [0.29, 0.717) is 23.2 Å². The van der Waals surface area contributed by atoms with Crippen LogP contribution in [0.2, 0.25) is 0 Å². The summed E-state index contributed by atoms with van der Waals surface area (Å²) in [5, 5.41) is 12.8. The highest BCUT2D eigenvalue weighted by molar-refractivity contribution is 8.17. The number of benzene rings is 1. The molecule has 0 aromatic heterocycles. The smallest absolute Gasteiger partial charge is 0.261 e. The van der Waals surface area contributed by atoms with Gasteiger partial charge in [0.2, 0.25) is 5.91 Å². The molecule has 0 bridgehead atoms. The summed E-state index contributed by atoms with van der Waals surface area (Å²) < 4.78 is 0. The zero-order valence-electron chi connectivity index (χ0n) is 14.4. The maximum atomic E-state index is 12.2. The minimum atomic E-state index is -0.330. The van der Waals surface area contributed by atoms with Crippen molar-refractivity contribution in [2.75, 3.05) is 16.8 Å². The van der Waals surface area contributed by atoms with Crippen LogP contribution in [0.15, 0.2) is 45.2 Å². The van der Waals surface area contributed by atoms with Gasteiger partial charge in [0.05, 0.1) is 16.5 Å². The second-order valence-corrected chi connectivity index (χ2v) is 8.29. The number of thioether (sulfide) groups is 2. The highest BCUT2D eigenvalue weighted by Crippen LogP contribution is 2.38. The summed E-state index contributed by atoms with van der Waals surface area (Å²) in [5.41, 5.74) is 0.622. The Morgan fingerprint density at radius 2 is 2.04 bits per heavy atom. The topological polar surface area (TPSA) is 91.1 Å². The highest BCUT2D eigenvalue weighted by Gasteiger charge is 2.34. The summed E-state index contributed by atoms with van der Waals surface area (Å²) in [7, 11) is 0. The molecule has 1 unspecified atom stereocenters. The van der Waals surface area contributed by atoms with E-state index in [1.807, 2.05) is 6.08 Å². The van der Waals surface area contributed by atoms with Crippen LogP contribution in [0.25, 0.3) is 0 Å². The van der Waals surface area contributed by atoms with Gasteiger partial charge in [-0.15, -0.1) is 11.8 Å². The second kappa shape index (κ2) is 8.09. The standard InChI is InChI=1S/C18H19N3O3S2/c1-10(2)14-7-13-17(24)20-15(21-18(13)26-14)8-25-9-16(23)19-11-3-5-12(22)6-4-11/h3-7,10,13,22H,8-9H2,1-2H3,(H,19,23). The largest absolute Gasteiger partial charge is 0.508 e. The molecule has 0 spiro atoms. The van der Waals surface area contributed by atoms with Crippen molar-refractivity contribution < 1.29 is 14.7 Å². The fourth-order valence-electron chi connectivity index (χ4n) is 2.42. The third-order valence-corrected chi connectivity index (χ3v) is 6.07. The fraction of sp³-hybridized carbons (Fsp3) is 0.333. The Balaban J connectivity index is 1.50. The number of rotatable bonds is 6. The molecule has 2 amide bonds. The van der Waals surface area contributed by atoms with Gasteiger partial charge < -0.3 is 10.4 Å². The quantitative estimate of drug-likeness (QED) is 0.729. The third kappa shape index (κ3) is 4.56. The molecule has 2 N–H and O–H groups in total. The lowest BCUT2D eigenvalue weighted by molar-refractivity contribution is -0.118. The molecule has 8 heteroatoms. The van der Waals surface area contributed by atoms with Crippen LogP contribution < -0.4 is 5.32 Å². The SMILES string of the molecule is CC(C)C1=CC2C(=O)N=C(CSCC(=O)Nc3ccc(O)cc3)N=C2S1. The first-order valence-corrected chi connectivity index (χ1v) is 10.2. The van der Waals surface area contributed by atoms with E-state index in [-0.39, 0.29) is 29.2 Å². The van der Waals surface area contributed by atoms with Crippen LogP contribution in [0.3, 0.4) is 0 Å². The van der Waals surface area contributed by atoms with Crippen LogP contribution in [0.4, 0.5) is 5.69 Å². The van der Waals surface area contributed by atoms with E-state index in [1.54, 1.807) is 23.9 Å². The average Bonchev–Trinajstić information content (AvgIpc) is 3.02. The maximum Gasteiger partial charge on any atom is 0.261 e. The van der Waals surface area contributed by atoms with E-state index in [1.165, 1.54) is 23.9 Å². The van der Waals surface area contributed by atoms with Gasteiger partial charge in [0, 0.05) is 5.69 Å². The maximum absolute atomic E-state index is 12.2. The molecular formula is C18H19N3O3S2. The Morgan fingerprint density at radius 1 is 1.31 bits per heavy atom. The Bertz CT molecular complexity index is 813. The van der Waals surface area contributed by atoms with E-state index in [2.05, 4.69) is 29.1 Å². The number of hydrogen-bond acceptors (Lipinski definition) is 6. The number of nitrogens with one attached hydrogen (secondary N) is 1. The zero-order valence-corrected chi connectivity index (χ0v) is 16.1. The van der Waals surface area contributed by atoms with Gasteiger partial charge in [-0.25, -0.2) is 4.99 Å². The van der Waals surface area contributed by atoms with Crippen molar-refractivity contribution in [3.63, 3.8) is 0 Å². The van der Waals surface area contributed by atoms with Crippen molar-refractivity contribution >= 4 is 51.9 Å². The molecule has 3 rings (SSSR count). The fourth-order valence-corrected chi connectivity index (χ4v) is 4.22. The lowest BCUT2D eigenvalue weighted by Crippen LogP contribution is -2.24. The van der Waals surface area contributed by atoms with E-state index < -0.39 is 0 Å². The number of hydrogen-bond donors (Lipinski definition) is 2. The number of carbonyl (C=O) groups is 2. The van der Waals surface area contributed by atoms with Gasteiger partial charge in [-0.1, -0.05) is 31.7 Å². The van der Waals surface area contributed by atoms with Crippen LogP contribution in [-0.4, -0.2) is 39.3 Å². The summed E-state index contributed by atoms with van der Waals surface area (Å²) in [6.07, 6.45) is 1.95. The van der Waals surface area contributed by atoms with Crippen molar-refractivity contribution in [3.05, 3.63) is 35.2 Å². The van der Waals surface area contributed by atoms with E-state index in [9.17, 15) is 14.7 Å². The number of phenolic OH excluding ortho intramolecular Hbond substituents is 1. The van der Waals surface area contributed by atoms with Crippen LogP contribution in [0.5, 0.6) is 5.75 Å². The summed E-state index contributed by atoms with van der Waals surface area (Å²) in [6, 6.07) is 6.28. The number of amidine groups is 1. The first-order chi connectivity index (χ1) is 12.4. The second-order valence-electron chi connectivity index (χ2n) is 6.21. The van der Waals surface area contributed by atoms with Gasteiger partial charge in [-0.2, -0.15) is 4.99 Å². The molecular weight excluding hydrogens is 370 g/mol. The van der Waals surface area contributed by atoms with Crippen molar-refractivity contribution in [2.45, 2.75) is 13.8 Å². The summed E-state index contributed by atoms with van der Waals surface area (Å²) in [6.45, 7) is 4.18. The molecule has 26 heavy (non-hydrogen) atoms. The van der Waals surface area contributed by atoms with Gasteiger partial charge in [0.25, 0.3) is 5.91 Å². The molecule has 2 heterocycles. The number of carbonyl (C=O) groups excluding carboxylic acids is 2. The first-order valence-electron chi connectivity index (χ1n) is 8.18. The number of aromatic hydroxyl groups is 1. The normalized spacial score (nSPS) is 19.0. The van der Waals surface area contributed by atoms with Crippen LogP contribution in [0, 0.1) is 11.8 Å². The Kier molecular flexibility index (Phi) is 5.83. The molecule has 0 fully saturated rings. The summed E-state index contributed by atoms with van der Waals surface area (Å²) in [5.74, 6) is 0.944. The van der Waals surface area contributed by atoms with E-state index >= 15 is 0 Å². The van der Waals surface area contributed by atoms with E-state index in [0.717, 1.165) is 9.95 Å².